The first-order chi connectivity index (χ1) is 17.8. The lowest BCUT2D eigenvalue weighted by Crippen LogP contribution is -2.33. The van der Waals surface area contributed by atoms with E-state index in [-0.39, 0.29) is 30.7 Å². The predicted molar refractivity (Wildman–Crippen MR) is 144 cm³/mol. The third-order valence-corrected chi connectivity index (χ3v) is 6.70. The second kappa shape index (κ2) is 11.2. The van der Waals surface area contributed by atoms with Crippen LogP contribution in [-0.2, 0) is 22.4 Å². The number of ether oxygens (including phenoxy) is 1. The number of carboxylic acid groups (broad SMARTS) is 1. The largest absolute Gasteiger partial charge is 0.495 e. The molecule has 1 heterocycles. The molecular formula is C29H31N3O5. The number of rotatable bonds is 8. The molecule has 1 unspecified atom stereocenters. The number of carboxylic acids is 1. The molecule has 0 fully saturated rings. The van der Waals surface area contributed by atoms with Gasteiger partial charge >= 0.3 is 12.0 Å². The summed E-state index contributed by atoms with van der Waals surface area (Å²) >= 11 is 0. The van der Waals surface area contributed by atoms with E-state index < -0.39 is 5.97 Å². The van der Waals surface area contributed by atoms with E-state index in [0.717, 1.165) is 34.5 Å². The number of hydrogen-bond acceptors (Lipinski definition) is 4. The SMILES string of the molecule is COc1cc(CC(=O)N(C)c2ccc(C(C)CC(=O)O)cc2)ccc1NC(=O)N1CCc2ccccc21. The van der Waals surface area contributed by atoms with Gasteiger partial charge in [-0.15, -0.1) is 0 Å². The maximum absolute atomic E-state index is 13.0. The van der Waals surface area contributed by atoms with E-state index in [0.29, 0.717) is 18.0 Å². The Bertz CT molecular complexity index is 1310. The minimum absolute atomic E-state index is 0.0533. The molecule has 37 heavy (non-hydrogen) atoms. The second-order valence-corrected chi connectivity index (χ2v) is 9.22. The number of amides is 3. The van der Waals surface area contributed by atoms with E-state index in [1.54, 1.807) is 35.0 Å². The van der Waals surface area contributed by atoms with Gasteiger partial charge in [-0.05, 0) is 59.4 Å². The maximum Gasteiger partial charge on any atom is 0.326 e. The van der Waals surface area contributed by atoms with E-state index in [2.05, 4.69) is 5.32 Å². The number of para-hydroxylation sites is 1. The van der Waals surface area contributed by atoms with Gasteiger partial charge in [-0.3, -0.25) is 14.5 Å². The van der Waals surface area contributed by atoms with E-state index in [1.807, 2.05) is 55.5 Å². The van der Waals surface area contributed by atoms with Gasteiger partial charge in [0.15, 0.2) is 0 Å². The molecule has 4 rings (SSSR count). The van der Waals surface area contributed by atoms with Crippen LogP contribution >= 0.6 is 0 Å². The predicted octanol–water partition coefficient (Wildman–Crippen LogP) is 5.07. The fourth-order valence-electron chi connectivity index (χ4n) is 4.52. The van der Waals surface area contributed by atoms with Crippen LogP contribution in [0.5, 0.6) is 5.75 Å². The Morgan fingerprint density at radius 1 is 1.08 bits per heavy atom. The summed E-state index contributed by atoms with van der Waals surface area (Å²) < 4.78 is 5.51. The molecule has 3 aromatic rings. The van der Waals surface area contributed by atoms with Gasteiger partial charge in [-0.1, -0.05) is 43.3 Å². The highest BCUT2D eigenvalue weighted by molar-refractivity contribution is 6.04. The van der Waals surface area contributed by atoms with Gasteiger partial charge in [0.1, 0.15) is 5.75 Å². The van der Waals surface area contributed by atoms with Crippen molar-refractivity contribution in [1.82, 2.24) is 0 Å². The number of nitrogens with one attached hydrogen (secondary N) is 1. The monoisotopic (exact) mass is 501 g/mol. The molecule has 192 valence electrons. The van der Waals surface area contributed by atoms with Gasteiger partial charge in [-0.2, -0.15) is 0 Å². The summed E-state index contributed by atoms with van der Waals surface area (Å²) in [6.07, 6.45) is 1.02. The molecule has 0 saturated carbocycles. The Hall–Kier alpha value is -4.33. The van der Waals surface area contributed by atoms with Crippen molar-refractivity contribution < 1.29 is 24.2 Å². The third-order valence-electron chi connectivity index (χ3n) is 6.70. The van der Waals surface area contributed by atoms with Crippen molar-refractivity contribution in [2.24, 2.45) is 0 Å². The highest BCUT2D eigenvalue weighted by atomic mass is 16.5. The first-order valence-corrected chi connectivity index (χ1v) is 12.2. The van der Waals surface area contributed by atoms with Crippen LogP contribution in [0.15, 0.2) is 66.7 Å². The van der Waals surface area contributed by atoms with Crippen LogP contribution in [-0.4, -0.2) is 43.7 Å². The molecule has 1 atom stereocenters. The Kier molecular flexibility index (Phi) is 7.77. The lowest BCUT2D eigenvalue weighted by Gasteiger charge is -2.20. The van der Waals surface area contributed by atoms with Crippen molar-refractivity contribution in [3.05, 3.63) is 83.4 Å². The molecule has 0 radical (unpaired) electrons. The molecule has 0 spiro atoms. The number of carbonyl (C=O) groups is 3. The lowest BCUT2D eigenvalue weighted by atomic mass is 9.97. The minimum Gasteiger partial charge on any atom is -0.495 e. The highest BCUT2D eigenvalue weighted by Gasteiger charge is 2.25. The first-order valence-electron chi connectivity index (χ1n) is 12.2. The number of anilines is 3. The van der Waals surface area contributed by atoms with Crippen LogP contribution in [0.1, 0.15) is 36.0 Å². The van der Waals surface area contributed by atoms with Crippen LogP contribution in [0.4, 0.5) is 21.9 Å². The molecule has 8 heteroatoms. The number of aliphatic carboxylic acids is 1. The molecule has 0 bridgehead atoms. The number of likely N-dealkylation sites (N-methyl/N-ethyl adjacent to an activating group) is 1. The zero-order valence-electron chi connectivity index (χ0n) is 21.2. The lowest BCUT2D eigenvalue weighted by molar-refractivity contribution is -0.137. The minimum atomic E-state index is -0.841. The summed E-state index contributed by atoms with van der Waals surface area (Å²) in [5.41, 5.74) is 4.97. The van der Waals surface area contributed by atoms with Crippen LogP contribution in [0.3, 0.4) is 0 Å². The van der Waals surface area contributed by atoms with E-state index in [1.165, 1.54) is 7.11 Å². The number of urea groups is 1. The van der Waals surface area contributed by atoms with Crippen LogP contribution in [0.2, 0.25) is 0 Å². The third kappa shape index (κ3) is 5.91. The Morgan fingerprint density at radius 3 is 2.51 bits per heavy atom. The van der Waals surface area contributed by atoms with Gasteiger partial charge < -0.3 is 20.1 Å². The topological polar surface area (TPSA) is 99.2 Å². The van der Waals surface area contributed by atoms with Crippen molar-refractivity contribution in [1.29, 1.82) is 0 Å². The Balaban J connectivity index is 1.40. The molecule has 8 nitrogen and oxygen atoms in total. The number of nitrogens with zero attached hydrogens (tertiary/aromatic N) is 2. The van der Waals surface area contributed by atoms with Crippen molar-refractivity contribution in [3.63, 3.8) is 0 Å². The first kappa shape index (κ1) is 25.8. The Labute approximate surface area is 216 Å². The average Bonchev–Trinajstić information content (AvgIpc) is 3.33. The van der Waals surface area contributed by atoms with Crippen LogP contribution in [0.25, 0.3) is 0 Å². The number of methoxy groups -OCH3 is 1. The summed E-state index contributed by atoms with van der Waals surface area (Å²) in [5.74, 6) is -0.588. The van der Waals surface area contributed by atoms with Crippen molar-refractivity contribution in [2.45, 2.75) is 32.1 Å². The molecule has 2 N–H and O–H groups in total. The average molecular weight is 502 g/mol. The van der Waals surface area contributed by atoms with Crippen molar-refractivity contribution >= 4 is 35.0 Å². The molecule has 0 aliphatic carbocycles. The standard InChI is InChI=1S/C29H31N3O5/c1-19(16-28(34)35)21-9-11-23(12-10-21)31(2)27(33)18-20-8-13-24(26(17-20)37-3)30-29(36)32-15-14-22-6-4-5-7-25(22)32/h4-13,17,19H,14-16,18H2,1-3H3,(H,30,36)(H,34,35). The summed E-state index contributed by atoms with van der Waals surface area (Å²) in [4.78, 5) is 40.1. The normalized spacial score (nSPS) is 13.0. The molecule has 0 aromatic heterocycles. The quantitative estimate of drug-likeness (QED) is 0.449. The zero-order chi connectivity index (χ0) is 26.5. The molecular weight excluding hydrogens is 470 g/mol. The van der Waals surface area contributed by atoms with Crippen LogP contribution in [0, 0.1) is 0 Å². The summed E-state index contributed by atoms with van der Waals surface area (Å²) in [6, 6.07) is 20.3. The molecule has 1 aliphatic heterocycles. The summed E-state index contributed by atoms with van der Waals surface area (Å²) in [6.45, 7) is 2.48. The van der Waals surface area contributed by atoms with Gasteiger partial charge in [0.25, 0.3) is 0 Å². The molecule has 0 saturated heterocycles. The van der Waals surface area contributed by atoms with E-state index in [4.69, 9.17) is 9.84 Å². The smallest absolute Gasteiger partial charge is 0.326 e. The maximum atomic E-state index is 13.0. The van der Waals surface area contributed by atoms with Gasteiger partial charge in [-0.25, -0.2) is 4.79 Å². The molecule has 3 amide bonds. The van der Waals surface area contributed by atoms with E-state index >= 15 is 0 Å². The van der Waals surface area contributed by atoms with Crippen molar-refractivity contribution in [3.8, 4) is 5.75 Å². The zero-order valence-corrected chi connectivity index (χ0v) is 21.2. The van der Waals surface area contributed by atoms with E-state index in [9.17, 15) is 14.4 Å². The fourth-order valence-corrected chi connectivity index (χ4v) is 4.52. The number of carbonyl (C=O) groups excluding carboxylic acids is 2. The van der Waals surface area contributed by atoms with Gasteiger partial charge in [0.05, 0.1) is 25.6 Å². The van der Waals surface area contributed by atoms with Gasteiger partial charge in [0, 0.05) is 25.0 Å². The Morgan fingerprint density at radius 2 is 1.81 bits per heavy atom. The summed E-state index contributed by atoms with van der Waals surface area (Å²) in [5, 5.41) is 11.9. The fraction of sp³-hybridized carbons (Fsp3) is 0.276. The van der Waals surface area contributed by atoms with Crippen molar-refractivity contribution in [2.75, 3.05) is 35.8 Å². The second-order valence-electron chi connectivity index (χ2n) is 9.22. The molecule has 3 aromatic carbocycles. The number of hydrogen-bond donors (Lipinski definition) is 2. The van der Waals surface area contributed by atoms with Crippen LogP contribution < -0.4 is 19.9 Å². The highest BCUT2D eigenvalue weighted by Crippen LogP contribution is 2.31. The number of benzene rings is 3. The summed E-state index contributed by atoms with van der Waals surface area (Å²) in [7, 11) is 3.23. The molecule has 1 aliphatic rings. The van der Waals surface area contributed by atoms with Gasteiger partial charge in [0.2, 0.25) is 5.91 Å². The number of fused-ring (bicyclic) bond motifs is 1.